The lowest BCUT2D eigenvalue weighted by atomic mass is 10.5. The molecule has 36 valence electrons. The van der Waals surface area contributed by atoms with E-state index in [4.69, 9.17) is 10.3 Å². The Morgan fingerprint density at radius 3 is 2.00 bits per heavy atom. The number of β-amino-alcohol motifs (C(OH)–C–C–N with tert-alkyl or cyclic N) is 1. The van der Waals surface area contributed by atoms with E-state index in [9.17, 15) is 0 Å². The summed E-state index contributed by atoms with van der Waals surface area (Å²) in [5, 5.41) is 17.7. The highest BCUT2D eigenvalue weighted by Gasteiger charge is 2.45. The minimum atomic E-state index is -0.903. The summed E-state index contributed by atoms with van der Waals surface area (Å²) in [6, 6.07) is 0. The lowest BCUT2D eigenvalue weighted by molar-refractivity contribution is -0.0719. The van der Waals surface area contributed by atoms with Crippen LogP contribution in [0, 0.1) is 0 Å². The molecule has 0 aliphatic carbocycles. The van der Waals surface area contributed by atoms with Gasteiger partial charge in [-0.3, -0.25) is 0 Å². The fourth-order valence-corrected chi connectivity index (χ4v) is 0.248. The van der Waals surface area contributed by atoms with Crippen LogP contribution in [0.5, 0.6) is 0 Å². The predicted molar refractivity (Wildman–Crippen MR) is 19.1 cm³/mol. The summed E-state index contributed by atoms with van der Waals surface area (Å²) in [5.41, 5.74) is -0.903. The van der Waals surface area contributed by atoms with Crippen molar-refractivity contribution in [2.45, 2.75) is 12.6 Å². The van der Waals surface area contributed by atoms with E-state index >= 15 is 0 Å². The molecule has 1 aliphatic heterocycles. The summed E-state index contributed by atoms with van der Waals surface area (Å²) in [5.74, 6) is 0. The van der Waals surface area contributed by atoms with Gasteiger partial charge in [0.05, 0.1) is 6.54 Å². The van der Waals surface area contributed by atoms with Crippen molar-refractivity contribution in [3.05, 3.63) is 0 Å². The molecule has 0 spiro atoms. The van der Waals surface area contributed by atoms with Gasteiger partial charge < -0.3 is 10.3 Å². The van der Waals surface area contributed by atoms with Crippen molar-refractivity contribution in [2.75, 3.05) is 6.54 Å². The maximum Gasteiger partial charge on any atom is 0.152 e. The largest absolute Gasteiger partial charge is 0.372 e. The van der Waals surface area contributed by atoms with E-state index in [1.807, 2.05) is 0 Å². The third kappa shape index (κ3) is 0.408. The molecule has 6 heavy (non-hydrogen) atoms. The summed E-state index contributed by atoms with van der Waals surface area (Å²) in [4.78, 5) is 0. The smallest absolute Gasteiger partial charge is 0.152 e. The molecule has 0 radical (unpaired) electrons. The second-order valence-corrected chi connectivity index (χ2v) is 1.77. The monoisotopic (exact) mass is 89.0 g/mol. The molecule has 0 saturated carbocycles. The molecule has 1 rings (SSSR count). The predicted octanol–water partition coefficient (Wildman–Crippen LogP) is -0.600. The fourth-order valence-electron chi connectivity index (χ4n) is 0.248. The minimum Gasteiger partial charge on any atom is -0.372 e. The Bertz CT molecular complexity index is 71.2. The lowest BCUT2D eigenvalue weighted by Gasteiger charge is -1.91. The molecule has 3 heteroatoms. The Kier molecular flexibility index (Phi) is 0.508. The van der Waals surface area contributed by atoms with Gasteiger partial charge in [-0.1, -0.05) is 0 Å². The van der Waals surface area contributed by atoms with Gasteiger partial charge in [0, 0.05) is 0 Å². The van der Waals surface area contributed by atoms with Crippen molar-refractivity contribution in [3.63, 3.8) is 0 Å². The zero-order valence-electron chi connectivity index (χ0n) is 3.55. The third-order valence-electron chi connectivity index (χ3n) is 0.902. The van der Waals surface area contributed by atoms with E-state index in [1.54, 1.807) is 6.92 Å². The number of hydroxylamine groups is 2. The number of hydrogen-bond acceptors (Lipinski definition) is 3. The highest BCUT2D eigenvalue weighted by Crippen LogP contribution is 2.23. The van der Waals surface area contributed by atoms with Crippen molar-refractivity contribution >= 4 is 0 Å². The molecule has 2 unspecified atom stereocenters. The Balaban J connectivity index is 2.41. The van der Waals surface area contributed by atoms with Gasteiger partial charge in [0.1, 0.15) is 0 Å². The van der Waals surface area contributed by atoms with Gasteiger partial charge in [0.2, 0.25) is 0 Å². The van der Waals surface area contributed by atoms with Gasteiger partial charge in [-0.25, -0.2) is 0 Å². The van der Waals surface area contributed by atoms with E-state index in [-0.39, 0.29) is 0 Å². The van der Waals surface area contributed by atoms with Crippen molar-refractivity contribution in [1.82, 2.24) is 5.06 Å². The van der Waals surface area contributed by atoms with Crippen LogP contribution in [0.1, 0.15) is 6.92 Å². The van der Waals surface area contributed by atoms with Gasteiger partial charge in [0.25, 0.3) is 0 Å². The first kappa shape index (κ1) is 4.05. The zero-order valence-corrected chi connectivity index (χ0v) is 3.55. The fraction of sp³-hybridized carbons (Fsp3) is 1.00. The molecular formula is C3H7NO2. The highest BCUT2D eigenvalue weighted by molar-refractivity contribution is 4.85. The molecular weight excluding hydrogens is 82.0 g/mol. The van der Waals surface area contributed by atoms with Gasteiger partial charge in [0.15, 0.2) is 5.72 Å². The second kappa shape index (κ2) is 0.753. The Hall–Kier alpha value is -0.120. The van der Waals surface area contributed by atoms with Crippen molar-refractivity contribution in [3.8, 4) is 0 Å². The lowest BCUT2D eigenvalue weighted by Crippen LogP contribution is -2.08. The summed E-state index contributed by atoms with van der Waals surface area (Å²) < 4.78 is 0. The maximum absolute atomic E-state index is 8.58. The summed E-state index contributed by atoms with van der Waals surface area (Å²) in [7, 11) is 0. The first-order valence-corrected chi connectivity index (χ1v) is 1.82. The quantitative estimate of drug-likeness (QED) is 0.389. The van der Waals surface area contributed by atoms with Crippen molar-refractivity contribution < 1.29 is 10.3 Å². The Morgan fingerprint density at radius 1 is 1.83 bits per heavy atom. The van der Waals surface area contributed by atoms with E-state index in [1.165, 1.54) is 0 Å². The van der Waals surface area contributed by atoms with Crippen LogP contribution in [0.2, 0.25) is 0 Å². The molecule has 0 amide bonds. The average Bonchev–Trinajstić information content (AvgIpc) is 1.73. The molecule has 0 aromatic carbocycles. The Morgan fingerprint density at radius 2 is 2.00 bits per heavy atom. The number of hydrogen-bond donors (Lipinski definition) is 2. The van der Waals surface area contributed by atoms with E-state index < -0.39 is 5.72 Å². The topological polar surface area (TPSA) is 43.5 Å². The summed E-state index contributed by atoms with van der Waals surface area (Å²) in [6.45, 7) is 1.93. The Labute approximate surface area is 35.8 Å². The van der Waals surface area contributed by atoms with Gasteiger partial charge in [-0.2, -0.15) is 5.06 Å². The summed E-state index contributed by atoms with van der Waals surface area (Å²) >= 11 is 0. The molecule has 1 heterocycles. The third-order valence-corrected chi connectivity index (χ3v) is 0.902. The van der Waals surface area contributed by atoms with Gasteiger partial charge in [-0.15, -0.1) is 0 Å². The maximum atomic E-state index is 8.58. The van der Waals surface area contributed by atoms with Crippen LogP contribution in [-0.4, -0.2) is 27.6 Å². The second-order valence-electron chi connectivity index (χ2n) is 1.77. The number of aliphatic hydroxyl groups is 1. The normalized spacial score (nSPS) is 55.5. The zero-order chi connectivity index (χ0) is 4.78. The molecule has 0 aromatic rings. The van der Waals surface area contributed by atoms with Crippen molar-refractivity contribution in [1.29, 1.82) is 0 Å². The van der Waals surface area contributed by atoms with Crippen LogP contribution < -0.4 is 0 Å². The molecule has 2 atom stereocenters. The molecule has 0 aromatic heterocycles. The van der Waals surface area contributed by atoms with Crippen LogP contribution in [0.3, 0.4) is 0 Å². The molecule has 0 bridgehead atoms. The van der Waals surface area contributed by atoms with Crippen LogP contribution in [-0.2, 0) is 0 Å². The highest BCUT2D eigenvalue weighted by atomic mass is 16.6. The van der Waals surface area contributed by atoms with Crippen LogP contribution in [0.15, 0.2) is 0 Å². The molecule has 1 aliphatic rings. The van der Waals surface area contributed by atoms with Crippen LogP contribution in [0.4, 0.5) is 0 Å². The average molecular weight is 89.1 g/mol. The van der Waals surface area contributed by atoms with Crippen LogP contribution in [0.25, 0.3) is 0 Å². The molecule has 1 saturated heterocycles. The van der Waals surface area contributed by atoms with E-state index in [2.05, 4.69) is 0 Å². The van der Waals surface area contributed by atoms with Gasteiger partial charge >= 0.3 is 0 Å². The molecule has 1 fully saturated rings. The summed E-state index contributed by atoms with van der Waals surface area (Å²) in [6.07, 6.45) is 0. The minimum absolute atomic E-state index is 0.382. The van der Waals surface area contributed by atoms with Crippen molar-refractivity contribution in [2.24, 2.45) is 0 Å². The first-order chi connectivity index (χ1) is 2.63. The first-order valence-electron chi connectivity index (χ1n) is 1.82. The molecule has 2 N–H and O–H groups in total. The standard InChI is InChI=1S/C3H7NO2/c1-3(5)2-4(3)6/h5-6H,2H2,1H3. The van der Waals surface area contributed by atoms with Gasteiger partial charge in [-0.05, 0) is 6.92 Å². The molecule has 3 nitrogen and oxygen atoms in total. The number of nitrogens with zero attached hydrogens (tertiary/aromatic N) is 1. The van der Waals surface area contributed by atoms with E-state index in [0.29, 0.717) is 6.54 Å². The van der Waals surface area contributed by atoms with Crippen LogP contribution >= 0.6 is 0 Å². The van der Waals surface area contributed by atoms with E-state index in [0.717, 1.165) is 5.06 Å². The SMILES string of the molecule is CC1(O)CN1O. The number of rotatable bonds is 0.